The summed E-state index contributed by atoms with van der Waals surface area (Å²) in [5, 5.41) is 0. The second-order valence-electron chi connectivity index (χ2n) is 5.70. The molecule has 2 unspecified atom stereocenters. The van der Waals surface area contributed by atoms with Crippen LogP contribution in [0.15, 0.2) is 36.5 Å². The summed E-state index contributed by atoms with van der Waals surface area (Å²) in [6, 6.07) is 10.9. The van der Waals surface area contributed by atoms with E-state index in [9.17, 15) is 0 Å². The molecule has 1 aliphatic carbocycles. The van der Waals surface area contributed by atoms with Crippen LogP contribution in [0.4, 0.5) is 0 Å². The SMILES string of the molecule is Cc1ccc(C)c(C(NN)C2CCc3cccnc32)c1. The zero-order chi connectivity index (χ0) is 14.1. The van der Waals surface area contributed by atoms with Gasteiger partial charge >= 0.3 is 0 Å². The Bertz CT molecular complexity index is 621. The summed E-state index contributed by atoms with van der Waals surface area (Å²) in [5.74, 6) is 6.24. The number of hydrogen-bond donors (Lipinski definition) is 2. The Labute approximate surface area is 120 Å². The van der Waals surface area contributed by atoms with Gasteiger partial charge in [-0.25, -0.2) is 0 Å². The Morgan fingerprint density at radius 1 is 1.30 bits per heavy atom. The summed E-state index contributed by atoms with van der Waals surface area (Å²) in [4.78, 5) is 4.59. The third-order valence-corrected chi connectivity index (χ3v) is 4.35. The summed E-state index contributed by atoms with van der Waals surface area (Å²) in [7, 11) is 0. The number of aryl methyl sites for hydroxylation is 3. The van der Waals surface area contributed by atoms with Crippen molar-refractivity contribution < 1.29 is 0 Å². The van der Waals surface area contributed by atoms with E-state index in [1.807, 2.05) is 12.3 Å². The first kappa shape index (κ1) is 13.3. The highest BCUT2D eigenvalue weighted by Crippen LogP contribution is 2.40. The van der Waals surface area contributed by atoms with E-state index in [-0.39, 0.29) is 6.04 Å². The number of nitrogens with two attached hydrogens (primary N) is 1. The number of fused-ring (bicyclic) bond motifs is 1. The Morgan fingerprint density at radius 3 is 2.95 bits per heavy atom. The van der Waals surface area contributed by atoms with Gasteiger partial charge in [0.2, 0.25) is 0 Å². The van der Waals surface area contributed by atoms with Crippen LogP contribution in [-0.4, -0.2) is 4.98 Å². The van der Waals surface area contributed by atoms with Gasteiger partial charge < -0.3 is 0 Å². The van der Waals surface area contributed by atoms with Crippen molar-refractivity contribution in [3.05, 3.63) is 64.5 Å². The lowest BCUT2D eigenvalue weighted by Gasteiger charge is -2.25. The minimum absolute atomic E-state index is 0.131. The van der Waals surface area contributed by atoms with Crippen LogP contribution in [0.5, 0.6) is 0 Å². The first-order valence-electron chi connectivity index (χ1n) is 7.18. The van der Waals surface area contributed by atoms with Crippen LogP contribution in [0.25, 0.3) is 0 Å². The number of hydrazine groups is 1. The molecule has 104 valence electrons. The second kappa shape index (κ2) is 5.35. The first-order chi connectivity index (χ1) is 9.70. The number of benzene rings is 1. The second-order valence-corrected chi connectivity index (χ2v) is 5.70. The highest BCUT2D eigenvalue weighted by Gasteiger charge is 2.32. The van der Waals surface area contributed by atoms with E-state index in [1.165, 1.54) is 27.9 Å². The molecule has 0 amide bonds. The predicted molar refractivity (Wildman–Crippen MR) is 81.3 cm³/mol. The Balaban J connectivity index is 2.01. The summed E-state index contributed by atoms with van der Waals surface area (Å²) in [5.41, 5.74) is 9.44. The predicted octanol–water partition coefficient (Wildman–Crippen LogP) is 2.93. The molecule has 1 heterocycles. The topological polar surface area (TPSA) is 50.9 Å². The molecule has 0 saturated carbocycles. The molecule has 3 rings (SSSR count). The average molecular weight is 267 g/mol. The van der Waals surface area contributed by atoms with Crippen molar-refractivity contribution in [2.45, 2.75) is 38.6 Å². The zero-order valence-electron chi connectivity index (χ0n) is 12.1. The van der Waals surface area contributed by atoms with Crippen molar-refractivity contribution in [2.75, 3.05) is 0 Å². The van der Waals surface area contributed by atoms with Gasteiger partial charge in [-0.3, -0.25) is 16.3 Å². The normalized spacial score (nSPS) is 18.9. The minimum atomic E-state index is 0.131. The molecule has 3 N–H and O–H groups in total. The largest absolute Gasteiger partial charge is 0.271 e. The Kier molecular flexibility index (Phi) is 3.55. The molecule has 0 bridgehead atoms. The quantitative estimate of drug-likeness (QED) is 0.664. The molecule has 1 aromatic heterocycles. The molecule has 2 atom stereocenters. The first-order valence-corrected chi connectivity index (χ1v) is 7.18. The van der Waals surface area contributed by atoms with Gasteiger partial charge in [0.25, 0.3) is 0 Å². The molecule has 0 aliphatic heterocycles. The summed E-state index contributed by atoms with van der Waals surface area (Å²) >= 11 is 0. The maximum atomic E-state index is 5.88. The average Bonchev–Trinajstić information content (AvgIpc) is 2.88. The Hall–Kier alpha value is -1.71. The molecule has 3 nitrogen and oxygen atoms in total. The number of pyridine rings is 1. The lowest BCUT2D eigenvalue weighted by atomic mass is 9.88. The van der Waals surface area contributed by atoms with E-state index < -0.39 is 0 Å². The van der Waals surface area contributed by atoms with Crippen molar-refractivity contribution in [1.29, 1.82) is 0 Å². The summed E-state index contributed by atoms with van der Waals surface area (Å²) in [6.07, 6.45) is 4.08. The van der Waals surface area contributed by atoms with Gasteiger partial charge in [0, 0.05) is 17.8 Å². The molecular weight excluding hydrogens is 246 g/mol. The van der Waals surface area contributed by atoms with Gasteiger partial charge in [-0.05, 0) is 49.4 Å². The van der Waals surface area contributed by atoms with E-state index in [0.29, 0.717) is 5.92 Å². The molecule has 1 aromatic carbocycles. The molecule has 2 aromatic rings. The molecule has 0 spiro atoms. The molecule has 3 heteroatoms. The van der Waals surface area contributed by atoms with Crippen molar-refractivity contribution in [3.63, 3.8) is 0 Å². The third-order valence-electron chi connectivity index (χ3n) is 4.35. The van der Waals surface area contributed by atoms with E-state index in [0.717, 1.165) is 12.8 Å². The lowest BCUT2D eigenvalue weighted by Crippen LogP contribution is -2.32. The lowest BCUT2D eigenvalue weighted by molar-refractivity contribution is 0.445. The van der Waals surface area contributed by atoms with E-state index in [4.69, 9.17) is 5.84 Å². The molecule has 1 aliphatic rings. The molecule has 0 radical (unpaired) electrons. The fourth-order valence-corrected chi connectivity index (χ4v) is 3.29. The number of nitrogens with zero attached hydrogens (tertiary/aromatic N) is 1. The summed E-state index contributed by atoms with van der Waals surface area (Å²) < 4.78 is 0. The van der Waals surface area contributed by atoms with E-state index in [2.05, 4.69) is 48.5 Å². The van der Waals surface area contributed by atoms with Gasteiger partial charge in [-0.2, -0.15) is 0 Å². The van der Waals surface area contributed by atoms with E-state index in [1.54, 1.807) is 0 Å². The van der Waals surface area contributed by atoms with Crippen LogP contribution in [0.1, 0.15) is 46.3 Å². The van der Waals surface area contributed by atoms with Gasteiger partial charge in [-0.15, -0.1) is 0 Å². The molecule has 0 fully saturated rings. The maximum Gasteiger partial charge on any atom is 0.0546 e. The van der Waals surface area contributed by atoms with Crippen LogP contribution in [0.2, 0.25) is 0 Å². The van der Waals surface area contributed by atoms with Gasteiger partial charge in [0.15, 0.2) is 0 Å². The standard InChI is InChI=1S/C17H21N3/c1-11-5-6-12(2)15(10-11)17(20-18)14-8-7-13-4-3-9-19-16(13)14/h3-6,9-10,14,17,20H,7-8,18H2,1-2H3. The smallest absolute Gasteiger partial charge is 0.0546 e. The molecule has 0 saturated heterocycles. The minimum Gasteiger partial charge on any atom is -0.271 e. The fourth-order valence-electron chi connectivity index (χ4n) is 3.29. The summed E-state index contributed by atoms with van der Waals surface area (Å²) in [6.45, 7) is 4.27. The van der Waals surface area contributed by atoms with Crippen LogP contribution >= 0.6 is 0 Å². The van der Waals surface area contributed by atoms with E-state index >= 15 is 0 Å². The van der Waals surface area contributed by atoms with Crippen LogP contribution < -0.4 is 11.3 Å². The Morgan fingerprint density at radius 2 is 2.15 bits per heavy atom. The molecular formula is C17H21N3. The molecule has 20 heavy (non-hydrogen) atoms. The number of rotatable bonds is 3. The number of aromatic nitrogens is 1. The number of nitrogens with one attached hydrogen (secondary N) is 1. The third kappa shape index (κ3) is 2.23. The van der Waals surface area contributed by atoms with Crippen molar-refractivity contribution in [3.8, 4) is 0 Å². The van der Waals surface area contributed by atoms with Crippen LogP contribution in [-0.2, 0) is 6.42 Å². The van der Waals surface area contributed by atoms with Gasteiger partial charge in [0.1, 0.15) is 0 Å². The number of hydrogen-bond acceptors (Lipinski definition) is 3. The van der Waals surface area contributed by atoms with Crippen molar-refractivity contribution >= 4 is 0 Å². The van der Waals surface area contributed by atoms with Gasteiger partial charge in [-0.1, -0.05) is 29.8 Å². The highest BCUT2D eigenvalue weighted by molar-refractivity contribution is 5.38. The highest BCUT2D eigenvalue weighted by atomic mass is 15.2. The monoisotopic (exact) mass is 267 g/mol. The van der Waals surface area contributed by atoms with Crippen LogP contribution in [0, 0.1) is 13.8 Å². The fraction of sp³-hybridized carbons (Fsp3) is 0.353. The van der Waals surface area contributed by atoms with Crippen molar-refractivity contribution in [2.24, 2.45) is 5.84 Å². The van der Waals surface area contributed by atoms with Gasteiger partial charge in [0.05, 0.1) is 6.04 Å². The zero-order valence-corrected chi connectivity index (χ0v) is 12.1. The van der Waals surface area contributed by atoms with Crippen molar-refractivity contribution in [1.82, 2.24) is 10.4 Å². The van der Waals surface area contributed by atoms with Crippen LogP contribution in [0.3, 0.4) is 0 Å². The maximum absolute atomic E-state index is 5.88.